The fourth-order valence-corrected chi connectivity index (χ4v) is 15.1. The number of benzene rings is 6. The predicted octanol–water partition coefficient (Wildman–Crippen LogP) is 12.5. The molecule has 0 atom stereocenters. The van der Waals surface area contributed by atoms with Crippen molar-refractivity contribution in [1.82, 2.24) is 69.3 Å². The van der Waals surface area contributed by atoms with Crippen molar-refractivity contribution in [2.24, 2.45) is 0 Å². The van der Waals surface area contributed by atoms with Gasteiger partial charge in [-0.15, -0.1) is 0 Å². The Morgan fingerprint density at radius 2 is 0.872 bits per heavy atom. The van der Waals surface area contributed by atoms with Crippen molar-refractivity contribution in [3.63, 3.8) is 0 Å². The number of fused-ring (bicyclic) bond motifs is 11. The highest BCUT2D eigenvalue weighted by Gasteiger charge is 2.30. The number of hydrogen-bond acceptors (Lipinski definition) is 38. The molecule has 52 heteroatoms. The van der Waals surface area contributed by atoms with E-state index in [9.17, 15) is 50.4 Å². The van der Waals surface area contributed by atoms with Gasteiger partial charge in [-0.1, -0.05) is 72.8 Å². The van der Waals surface area contributed by atoms with Gasteiger partial charge >= 0.3 is 12.2 Å². The molecule has 2 aliphatic rings. The van der Waals surface area contributed by atoms with Crippen LogP contribution in [0.2, 0.25) is 0 Å². The van der Waals surface area contributed by atoms with Gasteiger partial charge in [0.05, 0.1) is 116 Å². The molecule has 2 aliphatic heterocycles. The van der Waals surface area contributed by atoms with Crippen LogP contribution in [0.3, 0.4) is 0 Å². The monoisotopic (exact) mass is 2340 g/mol. The molecule has 0 fully saturated rings. The Morgan fingerprint density at radius 1 is 0.480 bits per heavy atom. The zero-order valence-corrected chi connectivity index (χ0v) is 90.1. The maximum absolute atomic E-state index is 13.3. The lowest BCUT2D eigenvalue weighted by Gasteiger charge is -2.29. The van der Waals surface area contributed by atoms with E-state index in [2.05, 4.69) is 150 Å². The lowest BCUT2D eigenvalue weighted by atomic mass is 10.1. The van der Waals surface area contributed by atoms with Crippen LogP contribution in [0.15, 0.2) is 200 Å². The number of aliphatic hydroxyl groups excluding tert-OH is 3. The number of anilines is 10. The third-order valence-electron chi connectivity index (χ3n) is 19.4. The van der Waals surface area contributed by atoms with Crippen molar-refractivity contribution in [2.75, 3.05) is 174 Å². The standard InChI is InChI=1S/C28H34N6O6S.C22H30BrN5O5.C17H22BrN5O3.C15H17BrN4O5S.C14H15BrN4O3/c1-28(2,3)40-27(36)34-14-7-17-39-23-9-6-5-8-21(23)32-26(35)24-25(29)30-18-22(31-24)19-10-12-20(13-11-19)41(37,38)33(4)15-16-34;1-22(2,3)33-21(31)28(10-6-12-29)11-7-13-32-16-9-5-4-8-15(16)26-20(30)18-19(24)25-14-17(23)27-18;18-14-11-21-16(19)15(23-14)17(25)22-12-5-1-2-6-13(12)26-10-4-8-20-7-3-9-24;1-26(22,23)25-8-4-7-24-11-6-3-2-5-10(11)19-15(21)13-14(17)18-9-12(16)20-13;15-11-8-17-13(16)12(19-11)14(21)18-9-4-1-2-5-10(9)22-7-3-6-20/h5-6,8-13,18H,7,14-17H2,1-4H3,(H2,29,30)(H,32,35);4-5,8-9,14,29H,6-7,10-13H2,1-3H3,(H2,24,25)(H,26,30);1-2,5-6,11,20,24H,3-4,7-10H2,(H2,19,21)(H,22,25);2-3,5-6,9H,4,7-8H2,1H3,(H2,17,18)(H,19,21);1-2,4-5,8,20H,3,6-7H2,(H2,16,17)(H,18,21). The van der Waals surface area contributed by atoms with Crippen molar-refractivity contribution >= 4 is 183 Å². The third-order valence-corrected chi connectivity index (χ3v) is 23.4. The fourth-order valence-electron chi connectivity index (χ4n) is 12.4. The molecule has 13 rings (SSSR count). The summed E-state index contributed by atoms with van der Waals surface area (Å²) in [7, 11) is -5.88. The van der Waals surface area contributed by atoms with Crippen LogP contribution in [0, 0.1) is 0 Å². The number of nitrogens with two attached hydrogens (primary N) is 5. The van der Waals surface area contributed by atoms with Crippen molar-refractivity contribution < 1.29 is 103 Å². The van der Waals surface area contributed by atoms with E-state index >= 15 is 0 Å². The predicted molar refractivity (Wildman–Crippen MR) is 571 cm³/mol. The molecule has 0 saturated carbocycles. The second kappa shape index (κ2) is 59.9. The van der Waals surface area contributed by atoms with Gasteiger partial charge in [0.1, 0.15) is 58.4 Å². The summed E-state index contributed by atoms with van der Waals surface area (Å²) in [6.07, 6.45) is 10.8. The molecule has 0 spiro atoms. The number of amides is 7. The molecule has 4 bridgehead atoms. The minimum absolute atomic E-state index is 0.00187. The summed E-state index contributed by atoms with van der Waals surface area (Å²) in [5.74, 6) is -0.152. The number of nitrogens with zero attached hydrogens (tertiary/aromatic N) is 13. The quantitative estimate of drug-likeness (QED) is 0.0132. The second-order valence-corrected chi connectivity index (χ2v) is 40.3. The Balaban J connectivity index is 0.000000229. The number of carbonyl (C=O) groups excluding carboxylic acids is 7. The Bertz CT molecular complexity index is 6510. The van der Waals surface area contributed by atoms with E-state index in [0.29, 0.717) is 152 Å². The molecule has 0 saturated heterocycles. The molecule has 5 aromatic heterocycles. The molecule has 0 unspecified atom stereocenters. The highest BCUT2D eigenvalue weighted by atomic mass is 79.9. The summed E-state index contributed by atoms with van der Waals surface area (Å²) in [4.78, 5) is 131. The van der Waals surface area contributed by atoms with E-state index in [0.717, 1.165) is 32.2 Å². The summed E-state index contributed by atoms with van der Waals surface area (Å²) in [6, 6.07) is 40.9. The van der Waals surface area contributed by atoms with Gasteiger partial charge in [-0.3, -0.25) is 28.2 Å². The number of sulfonamides is 1. The fraction of sp³-hybridized carbons (Fsp3) is 0.344. The van der Waals surface area contributed by atoms with Crippen LogP contribution < -0.4 is 84.3 Å². The van der Waals surface area contributed by atoms with Crippen LogP contribution in [-0.4, -0.2) is 268 Å². The van der Waals surface area contributed by atoms with E-state index in [4.69, 9.17) is 77.1 Å². The summed E-state index contributed by atoms with van der Waals surface area (Å²) >= 11 is 12.6. The average molecular weight is 2340 g/mol. The van der Waals surface area contributed by atoms with Gasteiger partial charge in [-0.2, -0.15) is 12.7 Å². The summed E-state index contributed by atoms with van der Waals surface area (Å²) in [6.45, 7) is 15.2. The average Bonchev–Trinajstić information content (AvgIpc) is 0.797. The smallest absolute Gasteiger partial charge is 0.410 e. The van der Waals surface area contributed by atoms with Crippen LogP contribution in [0.25, 0.3) is 11.3 Å². The SMILES string of the molecule is CC(C)(C)OC(=O)N(CCCO)CCCOc1ccccc1NC(=O)c1nc(Br)cnc1N.CN1CCN(C(=O)OC(C)(C)C)CCCOc2ccccc2NC(=O)c2nc(cnc2N)-c2ccc(cc2)S1(=O)=O.CS(=O)(=O)OCCCOc1ccccc1NC(=O)c1nc(Br)cnc1N.Nc1ncc(Br)nc1C(=O)Nc1ccccc1OCCCNCCCO.Nc1ncc(Br)nc1C(=O)Nc1ccccc1OCCCO. The molecular formula is C96H118Br4N24O22S2. The molecule has 794 valence electrons. The molecule has 7 amide bonds. The van der Waals surface area contributed by atoms with Gasteiger partial charge in [0.15, 0.2) is 57.6 Å². The highest BCUT2D eigenvalue weighted by Crippen LogP contribution is 2.33. The van der Waals surface area contributed by atoms with Crippen molar-refractivity contribution in [3.8, 4) is 40.0 Å². The first kappa shape index (κ1) is 119. The van der Waals surface area contributed by atoms with Crippen molar-refractivity contribution in [2.45, 2.75) is 103 Å². The van der Waals surface area contributed by atoms with Crippen LogP contribution >= 0.6 is 63.7 Å². The first-order chi connectivity index (χ1) is 70.4. The summed E-state index contributed by atoms with van der Waals surface area (Å²) in [5, 5.41) is 43.4. The highest BCUT2D eigenvalue weighted by molar-refractivity contribution is 9.11. The van der Waals surface area contributed by atoms with E-state index in [-0.39, 0.29) is 122 Å². The van der Waals surface area contributed by atoms with Gasteiger partial charge < -0.3 is 119 Å². The molecule has 0 aliphatic carbocycles. The Kier molecular flexibility index (Phi) is 48.3. The van der Waals surface area contributed by atoms with Gasteiger partial charge in [0.2, 0.25) is 10.0 Å². The van der Waals surface area contributed by atoms with Crippen LogP contribution in [0.5, 0.6) is 28.7 Å². The first-order valence-electron chi connectivity index (χ1n) is 45.8. The number of ether oxygens (including phenoxy) is 7. The molecule has 46 nitrogen and oxygen atoms in total. The Hall–Kier alpha value is -13.8. The van der Waals surface area contributed by atoms with Gasteiger partial charge in [0.25, 0.3) is 39.7 Å². The third kappa shape index (κ3) is 40.8. The van der Waals surface area contributed by atoms with Crippen molar-refractivity contribution in [3.05, 3.63) is 223 Å². The normalized spacial score (nSPS) is 12.4. The minimum Gasteiger partial charge on any atom is -0.491 e. The van der Waals surface area contributed by atoms with Gasteiger partial charge in [-0.05, 0) is 223 Å². The molecule has 7 heterocycles. The first-order valence-corrected chi connectivity index (χ1v) is 52.2. The van der Waals surface area contributed by atoms with Gasteiger partial charge in [0, 0.05) is 78.0 Å². The number of para-hydroxylation sites is 10. The molecule has 19 N–H and O–H groups in total. The Morgan fingerprint density at radius 3 is 1.30 bits per heavy atom. The second-order valence-electron chi connectivity index (χ2n) is 33.4. The number of halogens is 4. The number of aliphatic hydroxyl groups is 3. The number of likely N-dealkylation sites (N-methyl/N-ethyl adjacent to an activating group) is 1. The molecular weight excluding hydrogens is 2220 g/mol. The van der Waals surface area contributed by atoms with E-state index in [1.54, 1.807) is 174 Å². The number of nitrogens with one attached hydrogen (secondary N) is 6. The number of aromatic nitrogens is 10. The summed E-state index contributed by atoms with van der Waals surface area (Å²) < 4.78 is 95.4. The van der Waals surface area contributed by atoms with Crippen LogP contribution in [0.1, 0.15) is 139 Å². The number of nitrogen functional groups attached to an aromatic ring is 5. The number of hydrogen-bond donors (Lipinski definition) is 14. The van der Waals surface area contributed by atoms with E-state index in [1.807, 2.05) is 6.07 Å². The van der Waals surface area contributed by atoms with Crippen molar-refractivity contribution in [1.29, 1.82) is 0 Å². The molecule has 148 heavy (non-hydrogen) atoms. The molecule has 0 radical (unpaired) electrons. The number of rotatable bonds is 34. The molecule has 6 aromatic carbocycles. The van der Waals surface area contributed by atoms with Crippen LogP contribution in [-0.2, 0) is 33.8 Å². The Labute approximate surface area is 889 Å². The van der Waals surface area contributed by atoms with E-state index in [1.165, 1.54) is 59.4 Å². The topological polar surface area (TPSA) is 663 Å². The van der Waals surface area contributed by atoms with E-state index < -0.39 is 73.1 Å². The maximum atomic E-state index is 13.3. The lowest BCUT2D eigenvalue weighted by Crippen LogP contribution is -2.42. The maximum Gasteiger partial charge on any atom is 0.410 e. The zero-order valence-electron chi connectivity index (χ0n) is 82.1. The largest absolute Gasteiger partial charge is 0.491 e. The van der Waals surface area contributed by atoms with Gasteiger partial charge in [-0.25, -0.2) is 67.8 Å². The zero-order chi connectivity index (χ0) is 108. The molecule has 11 aromatic rings. The minimum atomic E-state index is -3.87. The summed E-state index contributed by atoms with van der Waals surface area (Å²) in [5.41, 5.74) is 30.6. The lowest BCUT2D eigenvalue weighted by molar-refractivity contribution is 0.0223. The van der Waals surface area contributed by atoms with Crippen LogP contribution in [0.4, 0.5) is 67.1 Å². The number of carbonyl (C=O) groups is 7.